The molecule has 0 spiro atoms. The quantitative estimate of drug-likeness (QED) is 0.437. The number of aliphatic imine (C=N–C) groups is 1. The van der Waals surface area contributed by atoms with E-state index in [0.29, 0.717) is 25.5 Å². The fraction of sp³-hybridized carbons (Fsp3) is 0.562. The molecule has 1 aromatic carbocycles. The minimum absolute atomic E-state index is 0.124. The Hall–Kier alpha value is -1.92. The van der Waals surface area contributed by atoms with Crippen LogP contribution in [0.25, 0.3) is 0 Å². The lowest BCUT2D eigenvalue weighted by Crippen LogP contribution is -2.38. The molecule has 0 amide bonds. The summed E-state index contributed by atoms with van der Waals surface area (Å²) in [5, 5.41) is 6.15. The standard InChI is InChI=1S/C16H24F3N3O/c1-20-15(21-11-4-3-10-16(17,18)19)22-12-9-13-5-7-14(23-2)8-6-13/h5-8H,3-4,9-12H2,1-2H3,(H2,20,21,22). The van der Waals surface area contributed by atoms with Crippen molar-refractivity contribution in [2.24, 2.45) is 4.99 Å². The zero-order valence-corrected chi connectivity index (χ0v) is 13.5. The molecule has 0 aliphatic rings. The van der Waals surface area contributed by atoms with Gasteiger partial charge in [0.05, 0.1) is 7.11 Å². The lowest BCUT2D eigenvalue weighted by Gasteiger charge is -2.12. The van der Waals surface area contributed by atoms with Crippen LogP contribution in [0.3, 0.4) is 0 Å². The van der Waals surface area contributed by atoms with Crippen molar-refractivity contribution >= 4 is 5.96 Å². The molecule has 0 unspecified atom stereocenters. The number of ether oxygens (including phenoxy) is 1. The normalized spacial score (nSPS) is 12.1. The highest BCUT2D eigenvalue weighted by Crippen LogP contribution is 2.21. The molecule has 23 heavy (non-hydrogen) atoms. The van der Waals surface area contributed by atoms with E-state index in [4.69, 9.17) is 4.74 Å². The predicted octanol–water partition coefficient (Wildman–Crippen LogP) is 3.14. The summed E-state index contributed by atoms with van der Waals surface area (Å²) >= 11 is 0. The second-order valence-corrected chi connectivity index (χ2v) is 5.10. The average Bonchev–Trinajstić information content (AvgIpc) is 2.52. The minimum Gasteiger partial charge on any atom is -0.497 e. The molecule has 130 valence electrons. The van der Waals surface area contributed by atoms with Gasteiger partial charge in [0, 0.05) is 26.6 Å². The SMILES string of the molecule is CN=C(NCCCCC(F)(F)F)NCCc1ccc(OC)cc1. The maximum atomic E-state index is 12.0. The number of unbranched alkanes of at least 4 members (excludes halogenated alkanes) is 1. The third-order valence-corrected chi connectivity index (χ3v) is 3.27. The van der Waals surface area contributed by atoms with Crippen LogP contribution < -0.4 is 15.4 Å². The largest absolute Gasteiger partial charge is 0.497 e. The van der Waals surface area contributed by atoms with Crippen LogP contribution in [-0.4, -0.2) is 39.4 Å². The number of nitrogens with zero attached hydrogens (tertiary/aromatic N) is 1. The van der Waals surface area contributed by atoms with Gasteiger partial charge in [0.1, 0.15) is 5.75 Å². The van der Waals surface area contributed by atoms with Crippen LogP contribution in [0.2, 0.25) is 0 Å². The highest BCUT2D eigenvalue weighted by Gasteiger charge is 2.25. The predicted molar refractivity (Wildman–Crippen MR) is 86.0 cm³/mol. The van der Waals surface area contributed by atoms with E-state index in [1.54, 1.807) is 14.2 Å². The fourth-order valence-corrected chi connectivity index (χ4v) is 2.00. The highest BCUT2D eigenvalue weighted by molar-refractivity contribution is 5.79. The first-order valence-electron chi connectivity index (χ1n) is 7.59. The maximum Gasteiger partial charge on any atom is 0.389 e. The van der Waals surface area contributed by atoms with E-state index in [0.717, 1.165) is 12.2 Å². The molecule has 1 rings (SSSR count). The smallest absolute Gasteiger partial charge is 0.389 e. The van der Waals surface area contributed by atoms with Crippen LogP contribution in [0.4, 0.5) is 13.2 Å². The number of benzene rings is 1. The van der Waals surface area contributed by atoms with E-state index >= 15 is 0 Å². The van der Waals surface area contributed by atoms with Crippen LogP contribution in [0.5, 0.6) is 5.75 Å². The lowest BCUT2D eigenvalue weighted by atomic mass is 10.1. The van der Waals surface area contributed by atoms with Gasteiger partial charge < -0.3 is 15.4 Å². The van der Waals surface area contributed by atoms with E-state index in [2.05, 4.69) is 15.6 Å². The fourth-order valence-electron chi connectivity index (χ4n) is 2.00. The topological polar surface area (TPSA) is 45.7 Å². The van der Waals surface area contributed by atoms with E-state index in [1.165, 1.54) is 5.56 Å². The van der Waals surface area contributed by atoms with Crippen LogP contribution in [-0.2, 0) is 6.42 Å². The van der Waals surface area contributed by atoms with E-state index in [9.17, 15) is 13.2 Å². The molecule has 1 aromatic rings. The summed E-state index contributed by atoms with van der Waals surface area (Å²) in [5.74, 6) is 1.42. The summed E-state index contributed by atoms with van der Waals surface area (Å²) in [6.45, 7) is 1.16. The second-order valence-electron chi connectivity index (χ2n) is 5.10. The van der Waals surface area contributed by atoms with Gasteiger partial charge >= 0.3 is 6.18 Å². The summed E-state index contributed by atoms with van der Waals surface area (Å²) in [6.07, 6.45) is -3.41. The molecular formula is C16H24F3N3O. The summed E-state index contributed by atoms with van der Waals surface area (Å²) < 4.78 is 41.2. The van der Waals surface area contributed by atoms with E-state index < -0.39 is 12.6 Å². The third kappa shape index (κ3) is 8.95. The van der Waals surface area contributed by atoms with Gasteiger partial charge in [0.25, 0.3) is 0 Å². The Kier molecular flexibility index (Phi) is 8.29. The number of rotatable bonds is 8. The van der Waals surface area contributed by atoms with Gasteiger partial charge in [-0.2, -0.15) is 13.2 Å². The zero-order valence-electron chi connectivity index (χ0n) is 13.5. The van der Waals surface area contributed by atoms with Crippen LogP contribution in [0.15, 0.2) is 29.3 Å². The first kappa shape index (κ1) is 19.1. The van der Waals surface area contributed by atoms with Crippen LogP contribution in [0, 0.1) is 0 Å². The van der Waals surface area contributed by atoms with Crippen molar-refractivity contribution in [3.8, 4) is 5.75 Å². The van der Waals surface area contributed by atoms with Crippen LogP contribution >= 0.6 is 0 Å². The zero-order chi connectivity index (χ0) is 17.1. The molecule has 0 saturated heterocycles. The van der Waals surface area contributed by atoms with Crippen molar-refractivity contribution < 1.29 is 17.9 Å². The number of methoxy groups -OCH3 is 1. The summed E-state index contributed by atoms with van der Waals surface area (Å²) in [7, 11) is 3.26. The van der Waals surface area contributed by atoms with Gasteiger partial charge in [0.15, 0.2) is 5.96 Å². The van der Waals surface area contributed by atoms with Gasteiger partial charge in [-0.05, 0) is 37.0 Å². The van der Waals surface area contributed by atoms with Crippen molar-refractivity contribution in [3.63, 3.8) is 0 Å². The highest BCUT2D eigenvalue weighted by atomic mass is 19.4. The van der Waals surface area contributed by atoms with Gasteiger partial charge in [-0.1, -0.05) is 12.1 Å². The molecule has 2 N–H and O–H groups in total. The second kappa shape index (κ2) is 9.97. The molecule has 0 saturated carbocycles. The van der Waals surface area contributed by atoms with Gasteiger partial charge in [-0.15, -0.1) is 0 Å². The molecule has 0 bridgehead atoms. The minimum atomic E-state index is -4.07. The molecule has 0 fully saturated rings. The Morgan fingerprint density at radius 2 is 1.74 bits per heavy atom. The first-order chi connectivity index (χ1) is 10.9. The number of guanidine groups is 1. The van der Waals surface area contributed by atoms with Crippen molar-refractivity contribution in [2.75, 3.05) is 27.2 Å². The van der Waals surface area contributed by atoms with E-state index in [-0.39, 0.29) is 6.42 Å². The first-order valence-corrected chi connectivity index (χ1v) is 7.59. The number of halogens is 3. The van der Waals surface area contributed by atoms with Crippen molar-refractivity contribution in [3.05, 3.63) is 29.8 Å². The Morgan fingerprint density at radius 3 is 2.30 bits per heavy atom. The van der Waals surface area contributed by atoms with E-state index in [1.807, 2.05) is 24.3 Å². The summed E-state index contributed by atoms with van der Waals surface area (Å²) in [5.41, 5.74) is 1.17. The molecule has 0 heterocycles. The Balaban J connectivity index is 2.18. The number of hydrogen-bond acceptors (Lipinski definition) is 2. The van der Waals surface area contributed by atoms with Gasteiger partial charge in [0.2, 0.25) is 0 Å². The third-order valence-electron chi connectivity index (χ3n) is 3.27. The van der Waals surface area contributed by atoms with Crippen molar-refractivity contribution in [1.29, 1.82) is 0 Å². The molecule has 0 aliphatic carbocycles. The average molecular weight is 331 g/mol. The Bertz CT molecular complexity index is 472. The van der Waals surface area contributed by atoms with Gasteiger partial charge in [-0.3, -0.25) is 4.99 Å². The van der Waals surface area contributed by atoms with Gasteiger partial charge in [-0.25, -0.2) is 0 Å². The Labute approximate surface area is 135 Å². The van der Waals surface area contributed by atoms with Crippen molar-refractivity contribution in [2.45, 2.75) is 31.9 Å². The number of alkyl halides is 3. The molecule has 0 aliphatic heterocycles. The lowest BCUT2D eigenvalue weighted by molar-refractivity contribution is -0.135. The van der Waals surface area contributed by atoms with Crippen molar-refractivity contribution in [1.82, 2.24) is 10.6 Å². The monoisotopic (exact) mass is 331 g/mol. The summed E-state index contributed by atoms with van der Waals surface area (Å²) in [6, 6.07) is 7.80. The maximum absolute atomic E-state index is 12.0. The molecule has 0 atom stereocenters. The summed E-state index contributed by atoms with van der Waals surface area (Å²) in [4.78, 5) is 4.05. The Morgan fingerprint density at radius 1 is 1.09 bits per heavy atom. The number of hydrogen-bond donors (Lipinski definition) is 2. The molecule has 4 nitrogen and oxygen atoms in total. The molecule has 0 aromatic heterocycles. The number of nitrogens with one attached hydrogen (secondary N) is 2. The van der Waals surface area contributed by atoms with Crippen LogP contribution in [0.1, 0.15) is 24.8 Å². The molecule has 0 radical (unpaired) electrons. The molecular weight excluding hydrogens is 307 g/mol. The molecule has 7 heteroatoms.